The van der Waals surface area contributed by atoms with Gasteiger partial charge in [-0.3, -0.25) is 10.1 Å². The number of carbonyl (C=O) groups is 1. The van der Waals surface area contributed by atoms with Crippen LogP contribution in [0.5, 0.6) is 0 Å². The number of rotatable bonds is 4. The Bertz CT molecular complexity index is 812. The highest BCUT2D eigenvalue weighted by Gasteiger charge is 2.30. The van der Waals surface area contributed by atoms with E-state index in [1.807, 2.05) is 0 Å². The molecule has 0 aliphatic rings. The van der Waals surface area contributed by atoms with Gasteiger partial charge in [0, 0.05) is 5.69 Å². The lowest BCUT2D eigenvalue weighted by Crippen LogP contribution is -2.22. The molecule has 7 nitrogen and oxygen atoms in total. The molecule has 0 saturated carbocycles. The maximum atomic E-state index is 12.6. The number of H-pyrrole nitrogens is 1. The summed E-state index contributed by atoms with van der Waals surface area (Å²) in [6.45, 7) is -0.328. The molecule has 1 aromatic carbocycles. The molecule has 10 heteroatoms. The monoisotopic (exact) mass is 334 g/mol. The molecule has 2 rings (SSSR count). The van der Waals surface area contributed by atoms with Gasteiger partial charge in [0.2, 0.25) is 11.9 Å². The number of imidazole rings is 1. The zero-order valence-electron chi connectivity index (χ0n) is 11.9. The zero-order chi connectivity index (χ0) is 17.7. The fourth-order valence-corrected chi connectivity index (χ4v) is 1.76. The highest BCUT2D eigenvalue weighted by atomic mass is 19.4. The van der Waals surface area contributed by atoms with Crippen molar-refractivity contribution in [3.05, 3.63) is 41.2 Å². The number of nitriles is 2. The first-order chi connectivity index (χ1) is 11.3. The summed E-state index contributed by atoms with van der Waals surface area (Å²) in [5, 5.41) is 22.3. The lowest BCUT2D eigenvalue weighted by Gasteiger charge is -2.10. The Morgan fingerprint density at radius 3 is 2.62 bits per heavy atom. The molecule has 2 aromatic rings. The van der Waals surface area contributed by atoms with Crippen molar-refractivity contribution in [3.8, 4) is 12.1 Å². The van der Waals surface area contributed by atoms with Crippen molar-refractivity contribution >= 4 is 17.5 Å². The van der Waals surface area contributed by atoms with Gasteiger partial charge in [-0.05, 0) is 18.2 Å². The summed E-state index contributed by atoms with van der Waals surface area (Å²) in [5.41, 5.74) is -0.983. The Balaban J connectivity index is 1.98. The SMILES string of the molecule is N#Cc1nc(NC(=O)CNc2cccc(C(F)(F)F)c2)[nH]c1C#N. The molecule has 1 heterocycles. The van der Waals surface area contributed by atoms with Crippen molar-refractivity contribution in [2.75, 3.05) is 17.2 Å². The van der Waals surface area contributed by atoms with Crippen LogP contribution in [-0.4, -0.2) is 22.4 Å². The second kappa shape index (κ2) is 6.71. The highest BCUT2D eigenvalue weighted by molar-refractivity contribution is 5.92. The molecule has 3 N–H and O–H groups in total. The topological polar surface area (TPSA) is 117 Å². The molecule has 0 unspecified atom stereocenters. The van der Waals surface area contributed by atoms with Gasteiger partial charge in [0.05, 0.1) is 12.1 Å². The summed E-state index contributed by atoms with van der Waals surface area (Å²) in [6.07, 6.45) is -4.48. The van der Waals surface area contributed by atoms with Crippen molar-refractivity contribution in [3.63, 3.8) is 0 Å². The lowest BCUT2D eigenvalue weighted by atomic mass is 10.2. The minimum atomic E-state index is -4.48. The first-order valence-electron chi connectivity index (χ1n) is 6.44. The van der Waals surface area contributed by atoms with Gasteiger partial charge in [0.25, 0.3) is 0 Å². The van der Waals surface area contributed by atoms with E-state index in [9.17, 15) is 18.0 Å². The van der Waals surface area contributed by atoms with Crippen molar-refractivity contribution in [1.82, 2.24) is 9.97 Å². The molecular weight excluding hydrogens is 325 g/mol. The van der Waals surface area contributed by atoms with Crippen LogP contribution in [0.1, 0.15) is 17.0 Å². The van der Waals surface area contributed by atoms with Crippen LogP contribution in [0.2, 0.25) is 0 Å². The number of amides is 1. The Labute approximate surface area is 133 Å². The number of nitrogens with one attached hydrogen (secondary N) is 3. The quantitative estimate of drug-likeness (QED) is 0.792. The Morgan fingerprint density at radius 2 is 2.04 bits per heavy atom. The summed E-state index contributed by atoms with van der Waals surface area (Å²) >= 11 is 0. The fraction of sp³-hybridized carbons (Fsp3) is 0.143. The predicted molar refractivity (Wildman–Crippen MR) is 76.6 cm³/mol. The van der Waals surface area contributed by atoms with Crippen LogP contribution in [0.4, 0.5) is 24.8 Å². The number of halogens is 3. The number of aromatic nitrogens is 2. The number of alkyl halides is 3. The van der Waals surface area contributed by atoms with Crippen molar-refractivity contribution < 1.29 is 18.0 Å². The summed E-state index contributed by atoms with van der Waals surface area (Å²) in [5.74, 6) is -0.714. The first kappa shape index (κ1) is 16.8. The molecule has 0 spiro atoms. The minimum Gasteiger partial charge on any atom is -0.376 e. The van der Waals surface area contributed by atoms with E-state index in [4.69, 9.17) is 10.5 Å². The predicted octanol–water partition coefficient (Wildman–Crippen LogP) is 2.22. The number of carbonyl (C=O) groups excluding carboxylic acids is 1. The summed E-state index contributed by atoms with van der Waals surface area (Å²) in [6, 6.07) is 7.78. The molecule has 1 aromatic heterocycles. The smallest absolute Gasteiger partial charge is 0.376 e. The van der Waals surface area contributed by atoms with Crippen molar-refractivity contribution in [2.45, 2.75) is 6.18 Å². The number of anilines is 2. The third-order valence-corrected chi connectivity index (χ3v) is 2.82. The fourth-order valence-electron chi connectivity index (χ4n) is 1.76. The van der Waals surface area contributed by atoms with E-state index in [0.29, 0.717) is 0 Å². The van der Waals surface area contributed by atoms with E-state index < -0.39 is 17.6 Å². The summed E-state index contributed by atoms with van der Waals surface area (Å²) < 4.78 is 37.8. The van der Waals surface area contributed by atoms with Crippen LogP contribution in [0.25, 0.3) is 0 Å². The van der Waals surface area contributed by atoms with Crippen LogP contribution in [0.15, 0.2) is 24.3 Å². The van der Waals surface area contributed by atoms with Crippen LogP contribution in [0.3, 0.4) is 0 Å². The number of benzene rings is 1. The van der Waals surface area contributed by atoms with E-state index in [1.54, 1.807) is 12.1 Å². The van der Waals surface area contributed by atoms with E-state index in [1.165, 1.54) is 12.1 Å². The van der Waals surface area contributed by atoms with Gasteiger partial charge in [-0.2, -0.15) is 23.7 Å². The van der Waals surface area contributed by atoms with Crippen LogP contribution in [0, 0.1) is 22.7 Å². The van der Waals surface area contributed by atoms with Gasteiger partial charge in [-0.25, -0.2) is 4.98 Å². The molecule has 0 saturated heterocycles. The molecule has 0 bridgehead atoms. The summed E-state index contributed by atoms with van der Waals surface area (Å²) in [4.78, 5) is 17.9. The maximum Gasteiger partial charge on any atom is 0.416 e. The third-order valence-electron chi connectivity index (χ3n) is 2.82. The molecular formula is C14H9F3N6O. The second-order valence-corrected chi connectivity index (χ2v) is 4.51. The van der Waals surface area contributed by atoms with Gasteiger partial charge in [0.1, 0.15) is 12.1 Å². The maximum absolute atomic E-state index is 12.6. The van der Waals surface area contributed by atoms with Crippen LogP contribution in [-0.2, 0) is 11.0 Å². The second-order valence-electron chi connectivity index (χ2n) is 4.51. The average Bonchev–Trinajstić information content (AvgIpc) is 2.94. The highest BCUT2D eigenvalue weighted by Crippen LogP contribution is 2.30. The standard InChI is InChI=1S/C14H9F3N6O/c15-14(16,17)8-2-1-3-9(4-8)20-7-12(24)23-13-21-10(5-18)11(6-19)22-13/h1-4,20H,7H2,(H2,21,22,23,24). The number of aromatic amines is 1. The Kier molecular flexibility index (Phi) is 4.70. The van der Waals surface area contributed by atoms with Gasteiger partial charge >= 0.3 is 6.18 Å². The average molecular weight is 334 g/mol. The van der Waals surface area contributed by atoms with Crippen molar-refractivity contribution in [2.24, 2.45) is 0 Å². The van der Waals surface area contributed by atoms with Gasteiger partial charge in [0.15, 0.2) is 11.4 Å². The van der Waals surface area contributed by atoms with Gasteiger partial charge in [-0.15, -0.1) is 0 Å². The molecule has 0 fully saturated rings. The molecule has 0 atom stereocenters. The lowest BCUT2D eigenvalue weighted by molar-refractivity contribution is -0.137. The molecule has 24 heavy (non-hydrogen) atoms. The molecule has 1 amide bonds. The molecule has 122 valence electrons. The van der Waals surface area contributed by atoms with E-state index in [0.717, 1.165) is 12.1 Å². The normalized spacial score (nSPS) is 10.5. The van der Waals surface area contributed by atoms with E-state index in [2.05, 4.69) is 20.6 Å². The minimum absolute atomic E-state index is 0.0982. The Morgan fingerprint density at radius 1 is 1.29 bits per heavy atom. The number of nitrogens with zero attached hydrogens (tertiary/aromatic N) is 3. The molecule has 0 radical (unpaired) electrons. The zero-order valence-corrected chi connectivity index (χ0v) is 11.9. The Hall–Kier alpha value is -3.53. The number of hydrogen-bond donors (Lipinski definition) is 3. The van der Waals surface area contributed by atoms with Gasteiger partial charge in [-0.1, -0.05) is 6.07 Å². The number of hydrogen-bond acceptors (Lipinski definition) is 5. The summed E-state index contributed by atoms with van der Waals surface area (Å²) in [7, 11) is 0. The van der Waals surface area contributed by atoms with Gasteiger partial charge < -0.3 is 10.3 Å². The van der Waals surface area contributed by atoms with Crippen LogP contribution >= 0.6 is 0 Å². The largest absolute Gasteiger partial charge is 0.416 e. The molecule has 0 aliphatic carbocycles. The van der Waals surface area contributed by atoms with E-state index in [-0.39, 0.29) is 29.6 Å². The van der Waals surface area contributed by atoms with Crippen molar-refractivity contribution in [1.29, 1.82) is 10.5 Å². The molecule has 0 aliphatic heterocycles. The van der Waals surface area contributed by atoms with Crippen LogP contribution < -0.4 is 10.6 Å². The first-order valence-corrected chi connectivity index (χ1v) is 6.44. The van der Waals surface area contributed by atoms with E-state index >= 15 is 0 Å². The third kappa shape index (κ3) is 4.01.